The molecule has 134 valence electrons. The van der Waals surface area contributed by atoms with Crippen molar-refractivity contribution in [3.63, 3.8) is 0 Å². The molecule has 1 aromatic heterocycles. The SMILES string of the molecule is CCCn1ncc(C(=O)N2CCCOc3c(cccc3OC)C2)c1C. The number of hydrogen-bond donors (Lipinski definition) is 0. The number of carbonyl (C=O) groups is 1. The first kappa shape index (κ1) is 17.3. The molecule has 1 aromatic carbocycles. The smallest absolute Gasteiger partial charge is 0.257 e. The van der Waals surface area contributed by atoms with Gasteiger partial charge in [0.1, 0.15) is 0 Å². The van der Waals surface area contributed by atoms with E-state index in [2.05, 4.69) is 12.0 Å². The minimum absolute atomic E-state index is 0.0236. The summed E-state index contributed by atoms with van der Waals surface area (Å²) in [7, 11) is 1.63. The zero-order valence-electron chi connectivity index (χ0n) is 15.1. The van der Waals surface area contributed by atoms with Crippen LogP contribution < -0.4 is 9.47 Å². The van der Waals surface area contributed by atoms with Crippen LogP contribution in [0.1, 0.15) is 41.4 Å². The second-order valence-electron chi connectivity index (χ2n) is 6.24. The highest BCUT2D eigenvalue weighted by Crippen LogP contribution is 2.33. The van der Waals surface area contributed by atoms with Gasteiger partial charge in [-0.25, -0.2) is 0 Å². The second kappa shape index (κ2) is 7.59. The third-order valence-corrected chi connectivity index (χ3v) is 4.52. The van der Waals surface area contributed by atoms with Crippen LogP contribution in [0, 0.1) is 6.92 Å². The molecule has 0 fully saturated rings. The molecule has 0 saturated carbocycles. The fourth-order valence-corrected chi connectivity index (χ4v) is 3.16. The maximum absolute atomic E-state index is 13.1. The summed E-state index contributed by atoms with van der Waals surface area (Å²) in [6.45, 7) is 6.61. The van der Waals surface area contributed by atoms with E-state index >= 15 is 0 Å². The van der Waals surface area contributed by atoms with E-state index in [1.54, 1.807) is 13.3 Å². The molecule has 0 N–H and O–H groups in total. The monoisotopic (exact) mass is 343 g/mol. The third kappa shape index (κ3) is 3.48. The summed E-state index contributed by atoms with van der Waals surface area (Å²) in [5, 5.41) is 4.36. The average molecular weight is 343 g/mol. The Hall–Kier alpha value is -2.50. The number of carbonyl (C=O) groups excluding carboxylic acids is 1. The Kier molecular flexibility index (Phi) is 5.26. The Balaban J connectivity index is 1.88. The van der Waals surface area contributed by atoms with Crippen LogP contribution in [-0.4, -0.2) is 40.8 Å². The highest BCUT2D eigenvalue weighted by Gasteiger charge is 2.24. The van der Waals surface area contributed by atoms with E-state index in [9.17, 15) is 4.79 Å². The van der Waals surface area contributed by atoms with Crippen LogP contribution in [0.4, 0.5) is 0 Å². The Morgan fingerprint density at radius 2 is 2.24 bits per heavy atom. The predicted molar refractivity (Wildman–Crippen MR) is 95.1 cm³/mol. The number of fused-ring (bicyclic) bond motifs is 1. The number of amides is 1. The first-order valence-electron chi connectivity index (χ1n) is 8.76. The first-order chi connectivity index (χ1) is 12.2. The molecular formula is C19H25N3O3. The molecule has 25 heavy (non-hydrogen) atoms. The van der Waals surface area contributed by atoms with E-state index in [1.165, 1.54) is 0 Å². The van der Waals surface area contributed by atoms with Gasteiger partial charge in [0.2, 0.25) is 0 Å². The van der Waals surface area contributed by atoms with Crippen LogP contribution in [0.2, 0.25) is 0 Å². The quantitative estimate of drug-likeness (QED) is 0.856. The van der Waals surface area contributed by atoms with Crippen molar-refractivity contribution in [1.82, 2.24) is 14.7 Å². The Labute approximate surface area is 148 Å². The lowest BCUT2D eigenvalue weighted by molar-refractivity contribution is 0.0720. The molecule has 6 heteroatoms. The fourth-order valence-electron chi connectivity index (χ4n) is 3.16. The first-order valence-corrected chi connectivity index (χ1v) is 8.76. The van der Waals surface area contributed by atoms with Crippen molar-refractivity contribution >= 4 is 5.91 Å². The number of aryl methyl sites for hydroxylation is 1. The lowest BCUT2D eigenvalue weighted by Gasteiger charge is -2.27. The van der Waals surface area contributed by atoms with Gasteiger partial charge in [-0.05, 0) is 25.8 Å². The standard InChI is InChI=1S/C19H25N3O3/c1-4-9-22-14(2)16(12-20-22)19(23)21-10-6-11-25-18-15(13-21)7-5-8-17(18)24-3/h5,7-8,12H,4,6,9-11,13H2,1-3H3. The van der Waals surface area contributed by atoms with Crippen molar-refractivity contribution in [1.29, 1.82) is 0 Å². The molecule has 0 saturated heterocycles. The van der Waals surface area contributed by atoms with Crippen molar-refractivity contribution in [3.05, 3.63) is 41.2 Å². The third-order valence-electron chi connectivity index (χ3n) is 4.52. The highest BCUT2D eigenvalue weighted by molar-refractivity contribution is 5.95. The molecule has 0 aliphatic carbocycles. The van der Waals surface area contributed by atoms with E-state index in [0.717, 1.165) is 36.4 Å². The number of hydrogen-bond acceptors (Lipinski definition) is 4. The lowest BCUT2D eigenvalue weighted by atomic mass is 10.1. The van der Waals surface area contributed by atoms with E-state index in [1.807, 2.05) is 34.7 Å². The summed E-state index contributed by atoms with van der Waals surface area (Å²) in [6.07, 6.45) is 3.46. The normalized spacial score (nSPS) is 14.3. The lowest BCUT2D eigenvalue weighted by Crippen LogP contribution is -2.34. The van der Waals surface area contributed by atoms with Crippen LogP contribution in [0.15, 0.2) is 24.4 Å². The molecule has 0 bridgehead atoms. The van der Waals surface area contributed by atoms with Gasteiger partial charge in [-0.2, -0.15) is 5.10 Å². The summed E-state index contributed by atoms with van der Waals surface area (Å²) in [4.78, 5) is 14.9. The number of ether oxygens (including phenoxy) is 2. The number of rotatable bonds is 4. The van der Waals surface area contributed by atoms with Crippen molar-refractivity contribution in [2.75, 3.05) is 20.3 Å². The van der Waals surface area contributed by atoms with Crippen molar-refractivity contribution in [2.24, 2.45) is 0 Å². The zero-order chi connectivity index (χ0) is 17.8. The summed E-state index contributed by atoms with van der Waals surface area (Å²) in [6, 6.07) is 5.79. The van der Waals surface area contributed by atoms with Gasteiger partial charge in [-0.1, -0.05) is 19.1 Å². The van der Waals surface area contributed by atoms with E-state index in [0.29, 0.717) is 31.0 Å². The Bertz CT molecular complexity index is 754. The number of aromatic nitrogens is 2. The summed E-state index contributed by atoms with van der Waals surface area (Å²) in [5.41, 5.74) is 2.57. The van der Waals surface area contributed by atoms with Gasteiger partial charge in [-0.3, -0.25) is 9.48 Å². The van der Waals surface area contributed by atoms with Gasteiger partial charge >= 0.3 is 0 Å². The summed E-state index contributed by atoms with van der Waals surface area (Å²) < 4.78 is 13.2. The molecule has 1 aliphatic rings. The molecule has 1 aliphatic heterocycles. The van der Waals surface area contributed by atoms with Gasteiger partial charge in [0.15, 0.2) is 11.5 Å². The number of methoxy groups -OCH3 is 1. The van der Waals surface area contributed by atoms with Crippen molar-refractivity contribution < 1.29 is 14.3 Å². The number of nitrogens with zero attached hydrogens (tertiary/aromatic N) is 3. The molecule has 1 amide bonds. The fraction of sp³-hybridized carbons (Fsp3) is 0.474. The molecule has 2 aromatic rings. The second-order valence-corrected chi connectivity index (χ2v) is 6.24. The van der Waals surface area contributed by atoms with E-state index in [4.69, 9.17) is 9.47 Å². The topological polar surface area (TPSA) is 56.6 Å². The van der Waals surface area contributed by atoms with E-state index in [-0.39, 0.29) is 5.91 Å². The average Bonchev–Trinajstić information content (AvgIpc) is 2.95. The Morgan fingerprint density at radius 1 is 1.40 bits per heavy atom. The minimum Gasteiger partial charge on any atom is -0.493 e. The van der Waals surface area contributed by atoms with Crippen molar-refractivity contribution in [3.8, 4) is 11.5 Å². The molecule has 0 spiro atoms. The molecule has 3 rings (SSSR count). The van der Waals surface area contributed by atoms with Crippen LogP contribution in [0.5, 0.6) is 11.5 Å². The highest BCUT2D eigenvalue weighted by atomic mass is 16.5. The summed E-state index contributed by atoms with van der Waals surface area (Å²) >= 11 is 0. The van der Waals surface area contributed by atoms with Gasteiger partial charge in [0.25, 0.3) is 5.91 Å². The van der Waals surface area contributed by atoms with Crippen LogP contribution in [0.3, 0.4) is 0 Å². The van der Waals surface area contributed by atoms with Crippen molar-refractivity contribution in [2.45, 2.75) is 39.8 Å². The maximum atomic E-state index is 13.1. The largest absolute Gasteiger partial charge is 0.493 e. The van der Waals surface area contributed by atoms with E-state index < -0.39 is 0 Å². The van der Waals surface area contributed by atoms with Crippen LogP contribution in [0.25, 0.3) is 0 Å². The molecule has 0 radical (unpaired) electrons. The van der Waals surface area contributed by atoms with Gasteiger partial charge in [0, 0.05) is 30.9 Å². The minimum atomic E-state index is 0.0236. The molecule has 0 unspecified atom stereocenters. The maximum Gasteiger partial charge on any atom is 0.257 e. The van der Waals surface area contributed by atoms with Gasteiger partial charge in [0.05, 0.1) is 25.5 Å². The Morgan fingerprint density at radius 3 is 3.00 bits per heavy atom. The summed E-state index contributed by atoms with van der Waals surface area (Å²) in [5.74, 6) is 1.47. The van der Waals surface area contributed by atoms with Gasteiger partial charge < -0.3 is 14.4 Å². The zero-order valence-corrected chi connectivity index (χ0v) is 15.1. The van der Waals surface area contributed by atoms with Gasteiger partial charge in [-0.15, -0.1) is 0 Å². The molecular weight excluding hydrogens is 318 g/mol. The van der Waals surface area contributed by atoms with Crippen LogP contribution >= 0.6 is 0 Å². The van der Waals surface area contributed by atoms with Crippen LogP contribution in [-0.2, 0) is 13.1 Å². The molecule has 0 atom stereocenters. The molecule has 6 nitrogen and oxygen atoms in total. The number of para-hydroxylation sites is 1. The molecule has 2 heterocycles. The predicted octanol–water partition coefficient (Wildman–Crippen LogP) is 3.04. The number of benzene rings is 1.